The van der Waals surface area contributed by atoms with Gasteiger partial charge >= 0.3 is 0 Å². The summed E-state index contributed by atoms with van der Waals surface area (Å²) in [6, 6.07) is 0. The van der Waals surface area contributed by atoms with E-state index < -0.39 is 0 Å². The molecule has 2 rings (SSSR count). The molecule has 1 fully saturated rings. The Labute approximate surface area is 82.7 Å². The van der Waals surface area contributed by atoms with Gasteiger partial charge in [0, 0.05) is 19.6 Å². The Balaban J connectivity index is 1.76. The van der Waals surface area contributed by atoms with Crippen molar-refractivity contribution in [2.24, 2.45) is 0 Å². The first kappa shape index (κ1) is 9.42. The summed E-state index contributed by atoms with van der Waals surface area (Å²) in [5, 5.41) is 4.02. The van der Waals surface area contributed by atoms with E-state index in [1.54, 1.807) is 11.0 Å². The summed E-state index contributed by atoms with van der Waals surface area (Å²) in [4.78, 5) is 6.22. The van der Waals surface area contributed by atoms with Gasteiger partial charge in [-0.3, -0.25) is 4.90 Å². The minimum atomic E-state index is 0.340. The first-order valence-electron chi connectivity index (χ1n) is 4.79. The quantitative estimate of drug-likeness (QED) is 0.686. The number of nitrogens with zero attached hydrogens (tertiary/aromatic N) is 4. The van der Waals surface area contributed by atoms with Crippen LogP contribution in [-0.4, -0.2) is 52.5 Å². The smallest absolute Gasteiger partial charge is 0.239 e. The number of hydrogen-bond acceptors (Lipinski definition) is 5. The van der Waals surface area contributed by atoms with Crippen molar-refractivity contribution in [2.75, 3.05) is 38.6 Å². The van der Waals surface area contributed by atoms with Crippen molar-refractivity contribution < 1.29 is 4.74 Å². The highest BCUT2D eigenvalue weighted by molar-refractivity contribution is 5.09. The van der Waals surface area contributed by atoms with E-state index in [0.29, 0.717) is 5.95 Å². The monoisotopic (exact) mass is 197 g/mol. The number of ether oxygens (including phenoxy) is 1. The van der Waals surface area contributed by atoms with Crippen molar-refractivity contribution in [1.82, 2.24) is 19.7 Å². The van der Waals surface area contributed by atoms with Crippen molar-refractivity contribution in [3.8, 4) is 0 Å². The molecule has 1 aromatic rings. The molecule has 2 N–H and O–H groups in total. The predicted molar refractivity (Wildman–Crippen MR) is 51.7 cm³/mol. The van der Waals surface area contributed by atoms with Crippen LogP contribution in [0.2, 0.25) is 0 Å². The van der Waals surface area contributed by atoms with Crippen molar-refractivity contribution in [1.29, 1.82) is 0 Å². The van der Waals surface area contributed by atoms with Gasteiger partial charge in [0.1, 0.15) is 6.33 Å². The largest absolute Gasteiger partial charge is 0.379 e. The maximum Gasteiger partial charge on any atom is 0.239 e. The number of nitrogen functional groups attached to an aromatic ring is 1. The normalized spacial score (nSPS) is 18.6. The molecular weight excluding hydrogens is 182 g/mol. The fraction of sp³-hybridized carbons (Fsp3) is 0.750. The first-order valence-corrected chi connectivity index (χ1v) is 4.79. The number of hydrogen-bond donors (Lipinski definition) is 1. The number of rotatable bonds is 3. The fourth-order valence-electron chi connectivity index (χ4n) is 1.49. The van der Waals surface area contributed by atoms with Crippen LogP contribution in [0.3, 0.4) is 0 Å². The van der Waals surface area contributed by atoms with Crippen LogP contribution >= 0.6 is 0 Å². The lowest BCUT2D eigenvalue weighted by Gasteiger charge is -2.26. The van der Waals surface area contributed by atoms with Crippen molar-refractivity contribution in [3.63, 3.8) is 0 Å². The SMILES string of the molecule is Nc1ncn(CCN2CCOCC2)n1. The second-order valence-corrected chi connectivity index (χ2v) is 3.32. The molecule has 0 atom stereocenters. The summed E-state index contributed by atoms with van der Waals surface area (Å²) >= 11 is 0. The highest BCUT2D eigenvalue weighted by Crippen LogP contribution is 1.97. The molecule has 0 aliphatic carbocycles. The Bertz CT molecular complexity index is 281. The molecule has 2 heterocycles. The molecule has 0 radical (unpaired) electrons. The van der Waals surface area contributed by atoms with Crippen LogP contribution in [0, 0.1) is 0 Å². The van der Waals surface area contributed by atoms with Crippen LogP contribution in [0.15, 0.2) is 6.33 Å². The van der Waals surface area contributed by atoms with E-state index in [1.165, 1.54) is 0 Å². The van der Waals surface area contributed by atoms with Crippen LogP contribution in [-0.2, 0) is 11.3 Å². The maximum absolute atomic E-state index is 5.41. The molecule has 6 nitrogen and oxygen atoms in total. The van der Waals surface area contributed by atoms with E-state index in [-0.39, 0.29) is 0 Å². The lowest BCUT2D eigenvalue weighted by Crippen LogP contribution is -2.38. The lowest BCUT2D eigenvalue weighted by molar-refractivity contribution is 0.0359. The van der Waals surface area contributed by atoms with Gasteiger partial charge in [0.2, 0.25) is 5.95 Å². The fourth-order valence-corrected chi connectivity index (χ4v) is 1.49. The van der Waals surface area contributed by atoms with Gasteiger partial charge in [-0.05, 0) is 0 Å². The van der Waals surface area contributed by atoms with Crippen LogP contribution in [0.4, 0.5) is 5.95 Å². The maximum atomic E-state index is 5.41. The summed E-state index contributed by atoms with van der Waals surface area (Å²) < 4.78 is 7.03. The molecule has 14 heavy (non-hydrogen) atoms. The summed E-state index contributed by atoms with van der Waals surface area (Å²) in [5.41, 5.74) is 5.41. The molecule has 0 spiro atoms. The van der Waals surface area contributed by atoms with E-state index in [9.17, 15) is 0 Å². The van der Waals surface area contributed by atoms with E-state index >= 15 is 0 Å². The standard InChI is InChI=1S/C8H15N5O/c9-8-10-7-13(11-8)2-1-12-3-5-14-6-4-12/h7H,1-6H2,(H2,9,11). The highest BCUT2D eigenvalue weighted by atomic mass is 16.5. The van der Waals surface area contributed by atoms with E-state index in [4.69, 9.17) is 10.5 Å². The molecular formula is C8H15N5O. The van der Waals surface area contributed by atoms with E-state index in [1.807, 2.05) is 0 Å². The molecule has 1 aromatic heterocycles. The second-order valence-electron chi connectivity index (χ2n) is 3.32. The van der Waals surface area contributed by atoms with Crippen LogP contribution < -0.4 is 5.73 Å². The van der Waals surface area contributed by atoms with Gasteiger partial charge in [-0.2, -0.15) is 0 Å². The third-order valence-corrected chi connectivity index (χ3v) is 2.30. The average Bonchev–Trinajstić information content (AvgIpc) is 2.63. The molecule has 0 amide bonds. The Morgan fingerprint density at radius 2 is 2.14 bits per heavy atom. The zero-order valence-corrected chi connectivity index (χ0v) is 8.09. The van der Waals surface area contributed by atoms with Gasteiger partial charge in [0.15, 0.2) is 0 Å². The van der Waals surface area contributed by atoms with E-state index in [0.717, 1.165) is 39.4 Å². The summed E-state index contributed by atoms with van der Waals surface area (Å²) in [5.74, 6) is 0.340. The molecule has 0 aromatic carbocycles. The van der Waals surface area contributed by atoms with Gasteiger partial charge < -0.3 is 10.5 Å². The van der Waals surface area contributed by atoms with Crippen LogP contribution in [0.1, 0.15) is 0 Å². The number of morpholine rings is 1. The Morgan fingerprint density at radius 1 is 1.36 bits per heavy atom. The molecule has 0 bridgehead atoms. The molecule has 1 aliphatic heterocycles. The molecule has 0 unspecified atom stereocenters. The third-order valence-electron chi connectivity index (χ3n) is 2.30. The summed E-state index contributed by atoms with van der Waals surface area (Å²) in [6.07, 6.45) is 1.66. The second kappa shape index (κ2) is 4.39. The minimum Gasteiger partial charge on any atom is -0.379 e. The summed E-state index contributed by atoms with van der Waals surface area (Å²) in [7, 11) is 0. The molecule has 1 saturated heterocycles. The molecule has 0 saturated carbocycles. The Morgan fingerprint density at radius 3 is 2.79 bits per heavy atom. The number of aromatic nitrogens is 3. The van der Waals surface area contributed by atoms with E-state index in [2.05, 4.69) is 15.0 Å². The first-order chi connectivity index (χ1) is 6.84. The summed E-state index contributed by atoms with van der Waals surface area (Å²) in [6.45, 7) is 5.49. The lowest BCUT2D eigenvalue weighted by atomic mass is 10.4. The van der Waals surface area contributed by atoms with Gasteiger partial charge in [-0.25, -0.2) is 9.67 Å². The zero-order valence-electron chi connectivity index (χ0n) is 8.09. The Hall–Kier alpha value is -1.14. The topological polar surface area (TPSA) is 69.2 Å². The number of anilines is 1. The Kier molecular flexibility index (Phi) is 2.95. The molecule has 6 heteroatoms. The molecule has 78 valence electrons. The van der Waals surface area contributed by atoms with Gasteiger partial charge in [0.25, 0.3) is 0 Å². The highest BCUT2D eigenvalue weighted by Gasteiger charge is 2.09. The zero-order chi connectivity index (χ0) is 9.80. The van der Waals surface area contributed by atoms with Crippen LogP contribution in [0.5, 0.6) is 0 Å². The third kappa shape index (κ3) is 2.43. The van der Waals surface area contributed by atoms with Crippen LogP contribution in [0.25, 0.3) is 0 Å². The molecule has 1 aliphatic rings. The predicted octanol–water partition coefficient (Wildman–Crippen LogP) is -0.807. The van der Waals surface area contributed by atoms with Gasteiger partial charge in [-0.15, -0.1) is 5.10 Å². The van der Waals surface area contributed by atoms with Crippen molar-refractivity contribution >= 4 is 5.95 Å². The minimum absolute atomic E-state index is 0.340. The van der Waals surface area contributed by atoms with Crippen molar-refractivity contribution in [2.45, 2.75) is 6.54 Å². The number of nitrogens with two attached hydrogens (primary N) is 1. The van der Waals surface area contributed by atoms with Gasteiger partial charge in [0.05, 0.1) is 19.8 Å². The van der Waals surface area contributed by atoms with Gasteiger partial charge in [-0.1, -0.05) is 0 Å². The average molecular weight is 197 g/mol. The van der Waals surface area contributed by atoms with Crippen molar-refractivity contribution in [3.05, 3.63) is 6.33 Å².